The zero-order chi connectivity index (χ0) is 18.7. The van der Waals surface area contributed by atoms with Gasteiger partial charge in [0.05, 0.1) is 18.7 Å². The van der Waals surface area contributed by atoms with E-state index in [-0.39, 0.29) is 36.4 Å². The first-order chi connectivity index (χ1) is 12.5. The van der Waals surface area contributed by atoms with Gasteiger partial charge in [-0.1, -0.05) is 36.4 Å². The van der Waals surface area contributed by atoms with Crippen LogP contribution in [0.3, 0.4) is 0 Å². The average molecular weight is 356 g/mol. The summed E-state index contributed by atoms with van der Waals surface area (Å²) in [4.78, 5) is 25.8. The maximum absolute atomic E-state index is 12.1. The molecule has 140 valence electrons. The number of nitrogens with one attached hydrogen (secondary N) is 1. The number of hydrogen-bond acceptors (Lipinski definition) is 3. The fraction of sp³-hybridized carbons (Fsp3) is 0.524. The lowest BCUT2D eigenvalue weighted by molar-refractivity contribution is -0.148. The van der Waals surface area contributed by atoms with Crippen molar-refractivity contribution in [2.45, 2.75) is 51.1 Å². The maximum Gasteiger partial charge on any atom is 0.220 e. The Balaban J connectivity index is 1.72. The number of aliphatic hydroxyl groups is 1. The maximum atomic E-state index is 12.1. The highest BCUT2D eigenvalue weighted by Crippen LogP contribution is 2.40. The van der Waals surface area contributed by atoms with Gasteiger partial charge in [0, 0.05) is 25.8 Å². The Hall–Kier alpha value is -2.14. The zero-order valence-electron chi connectivity index (χ0n) is 15.5. The summed E-state index contributed by atoms with van der Waals surface area (Å²) in [6, 6.07) is 7.86. The van der Waals surface area contributed by atoms with E-state index in [1.54, 1.807) is 4.90 Å². The van der Waals surface area contributed by atoms with Gasteiger partial charge in [-0.15, -0.1) is 0 Å². The van der Waals surface area contributed by atoms with Crippen LogP contribution in [0.25, 0.3) is 6.08 Å². The van der Waals surface area contributed by atoms with Crippen molar-refractivity contribution >= 4 is 17.9 Å². The molecule has 2 amide bonds. The Morgan fingerprint density at radius 3 is 2.46 bits per heavy atom. The Kier molecular flexibility index (Phi) is 5.77. The van der Waals surface area contributed by atoms with Gasteiger partial charge in [0.2, 0.25) is 11.8 Å². The summed E-state index contributed by atoms with van der Waals surface area (Å²) in [5.74, 6) is 0.572. The van der Waals surface area contributed by atoms with Crippen molar-refractivity contribution in [2.75, 3.05) is 13.2 Å². The van der Waals surface area contributed by atoms with Crippen molar-refractivity contribution in [3.63, 3.8) is 0 Å². The smallest absolute Gasteiger partial charge is 0.220 e. The standard InChI is InChI=1S/C21H28N2O3/c1-3-4-15-7-9-17(10-8-15)21-18(23(14(2)25)19(21)13-24)12-22-20(26)11-16-5-6-16/h3-4,7-10,16,18-19,21,24H,5-6,11-13H2,1-2H3,(H,22,26)/b4-3+/t18-,19+,21+/m1/s1. The predicted molar refractivity (Wildman–Crippen MR) is 101 cm³/mol. The van der Waals surface area contributed by atoms with Crippen LogP contribution in [0.15, 0.2) is 30.3 Å². The molecule has 3 atom stereocenters. The van der Waals surface area contributed by atoms with Crippen LogP contribution in [0.5, 0.6) is 0 Å². The SMILES string of the molecule is C/C=C/c1ccc([C@H]2[C@@H](CNC(=O)CC3CC3)N(C(C)=O)[C@H]2CO)cc1. The van der Waals surface area contributed by atoms with Gasteiger partial charge in [-0.2, -0.15) is 0 Å². The summed E-state index contributed by atoms with van der Waals surface area (Å²) in [6.07, 6.45) is 6.89. The van der Waals surface area contributed by atoms with Crippen molar-refractivity contribution in [1.82, 2.24) is 10.2 Å². The van der Waals surface area contributed by atoms with E-state index in [1.807, 2.05) is 31.2 Å². The molecule has 1 aromatic rings. The number of carbonyl (C=O) groups excluding carboxylic acids is 2. The second-order valence-electron chi connectivity index (χ2n) is 7.39. The molecule has 5 heteroatoms. The largest absolute Gasteiger partial charge is 0.394 e. The molecular weight excluding hydrogens is 328 g/mol. The number of amides is 2. The van der Waals surface area contributed by atoms with E-state index in [0.29, 0.717) is 18.9 Å². The topological polar surface area (TPSA) is 69.6 Å². The molecule has 1 saturated carbocycles. The molecule has 0 unspecified atom stereocenters. The van der Waals surface area contributed by atoms with E-state index < -0.39 is 0 Å². The van der Waals surface area contributed by atoms with Crippen molar-refractivity contribution in [1.29, 1.82) is 0 Å². The molecule has 1 aliphatic heterocycles. The van der Waals surface area contributed by atoms with Crippen LogP contribution in [0.4, 0.5) is 0 Å². The molecular formula is C21H28N2O3. The molecule has 1 aromatic carbocycles. The number of likely N-dealkylation sites (tertiary alicyclic amines) is 1. The van der Waals surface area contributed by atoms with Gasteiger partial charge in [0.15, 0.2) is 0 Å². The molecule has 1 saturated heterocycles. The minimum Gasteiger partial charge on any atom is -0.394 e. The van der Waals surface area contributed by atoms with E-state index in [0.717, 1.165) is 24.0 Å². The average Bonchev–Trinajstić information content (AvgIpc) is 3.39. The molecule has 5 nitrogen and oxygen atoms in total. The lowest BCUT2D eigenvalue weighted by atomic mass is 9.75. The fourth-order valence-electron chi connectivity index (χ4n) is 3.98. The molecule has 2 fully saturated rings. The summed E-state index contributed by atoms with van der Waals surface area (Å²) in [5, 5.41) is 12.8. The van der Waals surface area contributed by atoms with Gasteiger partial charge < -0.3 is 15.3 Å². The zero-order valence-corrected chi connectivity index (χ0v) is 15.5. The lowest BCUT2D eigenvalue weighted by Crippen LogP contribution is -2.68. The Bertz CT molecular complexity index is 679. The Labute approximate surface area is 155 Å². The highest BCUT2D eigenvalue weighted by Gasteiger charge is 2.50. The van der Waals surface area contributed by atoms with E-state index in [1.165, 1.54) is 6.92 Å². The molecule has 0 bridgehead atoms. The van der Waals surface area contributed by atoms with Gasteiger partial charge >= 0.3 is 0 Å². The fourth-order valence-corrected chi connectivity index (χ4v) is 3.98. The van der Waals surface area contributed by atoms with Gasteiger partial charge in [0.1, 0.15) is 0 Å². The molecule has 3 rings (SSSR count). The molecule has 0 radical (unpaired) electrons. The Morgan fingerprint density at radius 2 is 1.92 bits per heavy atom. The number of rotatable bonds is 7. The lowest BCUT2D eigenvalue weighted by Gasteiger charge is -2.54. The van der Waals surface area contributed by atoms with Crippen molar-refractivity contribution < 1.29 is 14.7 Å². The summed E-state index contributed by atoms with van der Waals surface area (Å²) >= 11 is 0. The van der Waals surface area contributed by atoms with Crippen LogP contribution < -0.4 is 5.32 Å². The second-order valence-corrected chi connectivity index (χ2v) is 7.39. The molecule has 0 spiro atoms. The van der Waals surface area contributed by atoms with Crippen molar-refractivity contribution in [3.05, 3.63) is 41.5 Å². The summed E-state index contributed by atoms with van der Waals surface area (Å²) in [5.41, 5.74) is 2.21. The first kappa shape index (κ1) is 18.6. The number of nitrogens with zero attached hydrogens (tertiary/aromatic N) is 1. The first-order valence-corrected chi connectivity index (χ1v) is 9.44. The summed E-state index contributed by atoms with van der Waals surface area (Å²) in [6.45, 7) is 3.86. The number of hydrogen-bond donors (Lipinski definition) is 2. The monoisotopic (exact) mass is 356 g/mol. The molecule has 26 heavy (non-hydrogen) atoms. The van der Waals surface area contributed by atoms with Gasteiger partial charge in [-0.25, -0.2) is 0 Å². The van der Waals surface area contributed by atoms with E-state index in [4.69, 9.17) is 0 Å². The third-order valence-electron chi connectivity index (χ3n) is 5.45. The number of benzene rings is 1. The minimum atomic E-state index is -0.231. The van der Waals surface area contributed by atoms with Crippen LogP contribution >= 0.6 is 0 Å². The molecule has 1 heterocycles. The van der Waals surface area contributed by atoms with Crippen molar-refractivity contribution in [3.8, 4) is 0 Å². The van der Waals surface area contributed by atoms with Crippen LogP contribution in [-0.2, 0) is 9.59 Å². The Morgan fingerprint density at radius 1 is 1.23 bits per heavy atom. The van der Waals surface area contributed by atoms with Crippen LogP contribution in [-0.4, -0.2) is 47.1 Å². The van der Waals surface area contributed by atoms with Gasteiger partial charge in [-0.05, 0) is 36.8 Å². The third kappa shape index (κ3) is 3.98. The number of carbonyl (C=O) groups is 2. The normalized spacial score (nSPS) is 25.2. The van der Waals surface area contributed by atoms with Gasteiger partial charge in [0.25, 0.3) is 0 Å². The molecule has 0 aromatic heterocycles. The highest BCUT2D eigenvalue weighted by atomic mass is 16.3. The summed E-state index contributed by atoms with van der Waals surface area (Å²) < 4.78 is 0. The first-order valence-electron chi connectivity index (χ1n) is 9.44. The van der Waals surface area contributed by atoms with Crippen LogP contribution in [0.2, 0.25) is 0 Å². The predicted octanol–water partition coefficient (Wildman–Crippen LogP) is 2.31. The van der Waals surface area contributed by atoms with E-state index in [2.05, 4.69) is 17.4 Å². The van der Waals surface area contributed by atoms with Crippen LogP contribution in [0, 0.1) is 5.92 Å². The quantitative estimate of drug-likeness (QED) is 0.788. The summed E-state index contributed by atoms with van der Waals surface area (Å²) in [7, 11) is 0. The highest BCUT2D eigenvalue weighted by molar-refractivity contribution is 5.78. The van der Waals surface area contributed by atoms with Crippen LogP contribution in [0.1, 0.15) is 50.2 Å². The van der Waals surface area contributed by atoms with E-state index in [9.17, 15) is 14.7 Å². The van der Waals surface area contributed by atoms with Gasteiger partial charge in [-0.3, -0.25) is 9.59 Å². The molecule has 1 aliphatic carbocycles. The number of aliphatic hydroxyl groups excluding tert-OH is 1. The molecule has 2 aliphatic rings. The number of allylic oxidation sites excluding steroid dienone is 1. The second kappa shape index (κ2) is 8.04. The molecule has 2 N–H and O–H groups in total. The van der Waals surface area contributed by atoms with Crippen molar-refractivity contribution in [2.24, 2.45) is 5.92 Å². The minimum absolute atomic E-state index is 0.0322. The third-order valence-corrected chi connectivity index (χ3v) is 5.45. The van der Waals surface area contributed by atoms with E-state index >= 15 is 0 Å².